The summed E-state index contributed by atoms with van der Waals surface area (Å²) in [6.07, 6.45) is 9.21. The smallest absolute Gasteiger partial charge is 0.178 e. The van der Waals surface area contributed by atoms with Crippen molar-refractivity contribution in [3.05, 3.63) is 23.8 Å². The van der Waals surface area contributed by atoms with Crippen molar-refractivity contribution in [1.82, 2.24) is 0 Å². The van der Waals surface area contributed by atoms with E-state index >= 15 is 0 Å². The fourth-order valence-electron chi connectivity index (χ4n) is 2.34. The Hall–Kier alpha value is -0.930. The zero-order valence-electron chi connectivity index (χ0n) is 8.74. The van der Waals surface area contributed by atoms with E-state index in [9.17, 15) is 4.79 Å². The van der Waals surface area contributed by atoms with E-state index < -0.39 is 5.60 Å². The Morgan fingerprint density at radius 1 is 1.47 bits per heavy atom. The molecule has 0 aromatic heterocycles. The molecule has 0 heterocycles. The van der Waals surface area contributed by atoms with Gasteiger partial charge in [-0.05, 0) is 49.5 Å². The fourth-order valence-corrected chi connectivity index (χ4v) is 2.34. The third-order valence-corrected chi connectivity index (χ3v) is 3.07. The van der Waals surface area contributed by atoms with Crippen molar-refractivity contribution in [2.75, 3.05) is 13.2 Å². The number of rotatable bonds is 3. The van der Waals surface area contributed by atoms with Gasteiger partial charge in [-0.15, -0.1) is 0 Å². The molecule has 82 valence electrons. The number of aliphatic hydroxyl groups is 1. The first kappa shape index (κ1) is 10.6. The van der Waals surface area contributed by atoms with Crippen molar-refractivity contribution in [3.8, 4) is 0 Å². The number of aliphatic hydroxyl groups excluding tert-OH is 1. The molecule has 1 unspecified atom stereocenters. The summed E-state index contributed by atoms with van der Waals surface area (Å²) < 4.78 is 5.71. The third-order valence-electron chi connectivity index (χ3n) is 3.07. The average molecular weight is 208 g/mol. The second-order valence-corrected chi connectivity index (χ2v) is 4.07. The van der Waals surface area contributed by atoms with Gasteiger partial charge >= 0.3 is 0 Å². The first-order chi connectivity index (χ1) is 7.27. The van der Waals surface area contributed by atoms with Crippen molar-refractivity contribution in [3.63, 3.8) is 0 Å². The molecule has 2 aliphatic carbocycles. The standard InChI is InChI=1S/C12H16O3/c13-7-8-15-12-5-2-1-3-10(12)9-11(14)4-6-12/h4,6,9,13H,1-3,5,7-8H2. The molecule has 1 fully saturated rings. The van der Waals surface area contributed by atoms with Gasteiger partial charge in [0.05, 0.1) is 13.2 Å². The summed E-state index contributed by atoms with van der Waals surface area (Å²) in [5, 5.41) is 8.80. The van der Waals surface area contributed by atoms with Gasteiger partial charge in [-0.25, -0.2) is 0 Å². The second kappa shape index (κ2) is 4.29. The van der Waals surface area contributed by atoms with Crippen LogP contribution < -0.4 is 0 Å². The van der Waals surface area contributed by atoms with E-state index in [4.69, 9.17) is 9.84 Å². The first-order valence-electron chi connectivity index (χ1n) is 5.46. The van der Waals surface area contributed by atoms with Gasteiger partial charge in [-0.1, -0.05) is 0 Å². The summed E-state index contributed by atoms with van der Waals surface area (Å²) >= 11 is 0. The van der Waals surface area contributed by atoms with Gasteiger partial charge in [0, 0.05) is 0 Å². The third kappa shape index (κ3) is 2.03. The predicted molar refractivity (Wildman–Crippen MR) is 56.5 cm³/mol. The van der Waals surface area contributed by atoms with Crippen LogP contribution in [0, 0.1) is 0 Å². The lowest BCUT2D eigenvalue weighted by atomic mass is 9.77. The second-order valence-electron chi connectivity index (χ2n) is 4.07. The van der Waals surface area contributed by atoms with Gasteiger partial charge in [0.2, 0.25) is 0 Å². The molecule has 1 saturated carbocycles. The summed E-state index contributed by atoms with van der Waals surface area (Å²) in [5.74, 6) is 0.0510. The van der Waals surface area contributed by atoms with Gasteiger partial charge in [-0.3, -0.25) is 4.79 Å². The number of fused-ring (bicyclic) bond motifs is 1. The van der Waals surface area contributed by atoms with E-state index in [0.717, 1.165) is 31.3 Å². The van der Waals surface area contributed by atoms with Crippen molar-refractivity contribution in [1.29, 1.82) is 0 Å². The van der Waals surface area contributed by atoms with E-state index in [1.54, 1.807) is 12.2 Å². The van der Waals surface area contributed by atoms with Gasteiger partial charge in [0.25, 0.3) is 0 Å². The zero-order valence-corrected chi connectivity index (χ0v) is 8.74. The highest BCUT2D eigenvalue weighted by atomic mass is 16.5. The number of ketones is 1. The largest absolute Gasteiger partial charge is 0.394 e. The molecule has 0 aliphatic heterocycles. The van der Waals surface area contributed by atoms with Crippen LogP contribution in [0.4, 0.5) is 0 Å². The molecule has 0 bridgehead atoms. The van der Waals surface area contributed by atoms with Crippen LogP contribution in [0.2, 0.25) is 0 Å². The van der Waals surface area contributed by atoms with Crippen LogP contribution in [0.5, 0.6) is 0 Å². The number of hydrogen-bond acceptors (Lipinski definition) is 3. The van der Waals surface area contributed by atoms with Crippen molar-refractivity contribution < 1.29 is 14.6 Å². The number of carbonyl (C=O) groups is 1. The molecule has 3 heteroatoms. The minimum atomic E-state index is -0.394. The van der Waals surface area contributed by atoms with E-state index in [1.165, 1.54) is 0 Å². The molecule has 15 heavy (non-hydrogen) atoms. The molecule has 2 rings (SSSR count). The topological polar surface area (TPSA) is 46.5 Å². The molecule has 0 aromatic rings. The monoisotopic (exact) mass is 208 g/mol. The highest BCUT2D eigenvalue weighted by Crippen LogP contribution is 2.39. The Balaban J connectivity index is 2.20. The maximum Gasteiger partial charge on any atom is 0.178 e. The Bertz CT molecular complexity index is 317. The quantitative estimate of drug-likeness (QED) is 0.762. The molecule has 3 nitrogen and oxygen atoms in total. The van der Waals surface area contributed by atoms with Gasteiger partial charge in [-0.2, -0.15) is 0 Å². The van der Waals surface area contributed by atoms with Crippen molar-refractivity contribution in [2.45, 2.75) is 31.3 Å². The summed E-state index contributed by atoms with van der Waals surface area (Å²) in [4.78, 5) is 11.3. The van der Waals surface area contributed by atoms with Crippen LogP contribution in [0.15, 0.2) is 23.8 Å². The number of allylic oxidation sites excluding steroid dienone is 2. The van der Waals surface area contributed by atoms with Gasteiger partial charge < -0.3 is 9.84 Å². The summed E-state index contributed by atoms with van der Waals surface area (Å²) in [6.45, 7) is 0.354. The molecule has 1 N–H and O–H groups in total. The van der Waals surface area contributed by atoms with Crippen molar-refractivity contribution >= 4 is 5.78 Å². The lowest BCUT2D eigenvalue weighted by molar-refractivity contribution is -0.111. The molecular weight excluding hydrogens is 192 g/mol. The Morgan fingerprint density at radius 2 is 2.33 bits per heavy atom. The maximum atomic E-state index is 11.3. The van der Waals surface area contributed by atoms with E-state index in [1.807, 2.05) is 6.08 Å². The van der Waals surface area contributed by atoms with Crippen LogP contribution in [0.1, 0.15) is 25.7 Å². The minimum Gasteiger partial charge on any atom is -0.394 e. The average Bonchev–Trinajstić information content (AvgIpc) is 2.27. The number of hydrogen-bond donors (Lipinski definition) is 1. The maximum absolute atomic E-state index is 11.3. The van der Waals surface area contributed by atoms with Crippen LogP contribution in [0.3, 0.4) is 0 Å². The highest BCUT2D eigenvalue weighted by Gasteiger charge is 2.36. The van der Waals surface area contributed by atoms with Gasteiger partial charge in [0.15, 0.2) is 5.78 Å². The minimum absolute atomic E-state index is 0.0246. The summed E-state index contributed by atoms with van der Waals surface area (Å²) in [6, 6.07) is 0. The summed E-state index contributed by atoms with van der Waals surface area (Å²) in [5.41, 5.74) is 0.684. The Labute approximate surface area is 89.4 Å². The van der Waals surface area contributed by atoms with Crippen LogP contribution >= 0.6 is 0 Å². The zero-order chi connectivity index (χ0) is 10.7. The normalized spacial score (nSPS) is 29.9. The fraction of sp³-hybridized carbons (Fsp3) is 0.583. The van der Waals surface area contributed by atoms with Crippen LogP contribution in [-0.4, -0.2) is 29.7 Å². The molecule has 0 saturated heterocycles. The van der Waals surface area contributed by atoms with E-state index in [2.05, 4.69) is 0 Å². The Kier molecular flexibility index (Phi) is 3.03. The number of ether oxygens (including phenoxy) is 1. The van der Waals surface area contributed by atoms with Crippen LogP contribution in [-0.2, 0) is 9.53 Å². The molecular formula is C12H16O3. The molecule has 1 atom stereocenters. The number of carbonyl (C=O) groups excluding carboxylic acids is 1. The molecule has 0 radical (unpaired) electrons. The highest BCUT2D eigenvalue weighted by molar-refractivity contribution is 6.01. The molecule has 2 aliphatic rings. The lowest BCUT2D eigenvalue weighted by Crippen LogP contribution is -2.38. The van der Waals surface area contributed by atoms with Gasteiger partial charge in [0.1, 0.15) is 5.60 Å². The van der Waals surface area contributed by atoms with E-state index in [-0.39, 0.29) is 12.4 Å². The SMILES string of the molecule is O=C1C=CC2(OCCO)CCCCC2=C1. The summed E-state index contributed by atoms with van der Waals surface area (Å²) in [7, 11) is 0. The van der Waals surface area contributed by atoms with Crippen LogP contribution in [0.25, 0.3) is 0 Å². The van der Waals surface area contributed by atoms with E-state index in [0.29, 0.717) is 6.61 Å². The first-order valence-corrected chi connectivity index (χ1v) is 5.46. The molecule has 0 spiro atoms. The molecule has 0 aromatic carbocycles. The predicted octanol–water partition coefficient (Wildman–Crippen LogP) is 1.37. The lowest BCUT2D eigenvalue weighted by Gasteiger charge is -2.38. The van der Waals surface area contributed by atoms with Crippen molar-refractivity contribution in [2.24, 2.45) is 0 Å². The Morgan fingerprint density at radius 3 is 3.13 bits per heavy atom. The molecule has 0 amide bonds.